The standard InChI is InChI=1S/C13H11N3O3S/c1-2-3-9(12(18)19)15-11(17)7-4-5-8-10(6-7)20-13(14)16-8/h1,4-6,9H,3H2,(H2,14,16)(H,15,17)(H,18,19). The maximum Gasteiger partial charge on any atom is 0.327 e. The Morgan fingerprint density at radius 3 is 2.95 bits per heavy atom. The van der Waals surface area contributed by atoms with Crippen LogP contribution in [0.15, 0.2) is 18.2 Å². The van der Waals surface area contributed by atoms with Gasteiger partial charge in [0.1, 0.15) is 6.04 Å². The minimum absolute atomic E-state index is 0.0726. The van der Waals surface area contributed by atoms with Crippen molar-refractivity contribution >= 4 is 38.6 Å². The van der Waals surface area contributed by atoms with E-state index in [9.17, 15) is 9.59 Å². The number of carbonyl (C=O) groups is 2. The predicted octanol–water partition coefficient (Wildman–Crippen LogP) is 1.08. The number of hydrogen-bond donors (Lipinski definition) is 3. The van der Waals surface area contributed by atoms with Crippen LogP contribution < -0.4 is 11.1 Å². The van der Waals surface area contributed by atoms with Gasteiger partial charge in [0.05, 0.1) is 10.2 Å². The largest absolute Gasteiger partial charge is 0.480 e. The Morgan fingerprint density at radius 1 is 1.55 bits per heavy atom. The van der Waals surface area contributed by atoms with Crippen molar-refractivity contribution in [1.29, 1.82) is 0 Å². The highest BCUT2D eigenvalue weighted by Crippen LogP contribution is 2.24. The molecule has 1 atom stereocenters. The highest BCUT2D eigenvalue weighted by atomic mass is 32.1. The molecule has 4 N–H and O–H groups in total. The Kier molecular flexibility index (Phi) is 3.86. The number of terminal acetylenes is 1. The number of nitrogen functional groups attached to an aromatic ring is 1. The normalized spacial score (nSPS) is 11.8. The van der Waals surface area contributed by atoms with Crippen LogP contribution in [0.3, 0.4) is 0 Å². The van der Waals surface area contributed by atoms with E-state index in [1.807, 2.05) is 0 Å². The number of carboxylic acid groups (broad SMARTS) is 1. The minimum Gasteiger partial charge on any atom is -0.480 e. The van der Waals surface area contributed by atoms with Gasteiger partial charge in [-0.2, -0.15) is 0 Å². The van der Waals surface area contributed by atoms with Crippen LogP contribution in [0.5, 0.6) is 0 Å². The van der Waals surface area contributed by atoms with Gasteiger partial charge < -0.3 is 16.2 Å². The molecule has 0 radical (unpaired) electrons. The molecule has 0 saturated heterocycles. The lowest BCUT2D eigenvalue weighted by Crippen LogP contribution is -2.40. The van der Waals surface area contributed by atoms with Crippen molar-refractivity contribution in [2.45, 2.75) is 12.5 Å². The maximum absolute atomic E-state index is 12.0. The van der Waals surface area contributed by atoms with Gasteiger partial charge in [0, 0.05) is 12.0 Å². The number of aromatic nitrogens is 1. The first-order chi connectivity index (χ1) is 9.51. The molecule has 0 aliphatic rings. The number of carboxylic acids is 1. The molecule has 1 aromatic heterocycles. The average Bonchev–Trinajstić information content (AvgIpc) is 2.76. The van der Waals surface area contributed by atoms with Gasteiger partial charge in [0.15, 0.2) is 5.13 Å². The molecule has 0 aliphatic carbocycles. The fourth-order valence-electron chi connectivity index (χ4n) is 1.64. The van der Waals surface area contributed by atoms with Crippen molar-refractivity contribution in [2.24, 2.45) is 0 Å². The molecule has 0 aliphatic heterocycles. The first-order valence-electron chi connectivity index (χ1n) is 5.64. The van der Waals surface area contributed by atoms with E-state index in [1.165, 1.54) is 11.3 Å². The van der Waals surface area contributed by atoms with Gasteiger partial charge in [-0.05, 0) is 18.2 Å². The second kappa shape index (κ2) is 5.59. The second-order valence-electron chi connectivity index (χ2n) is 4.01. The molecule has 0 saturated carbocycles. The zero-order valence-electron chi connectivity index (χ0n) is 10.3. The molecule has 1 aromatic carbocycles. The van der Waals surface area contributed by atoms with Gasteiger partial charge in [-0.1, -0.05) is 11.3 Å². The number of rotatable bonds is 4. The van der Waals surface area contributed by atoms with Crippen LogP contribution in [0.2, 0.25) is 0 Å². The summed E-state index contributed by atoms with van der Waals surface area (Å²) < 4.78 is 0.763. The van der Waals surface area contributed by atoms with E-state index in [0.29, 0.717) is 16.2 Å². The number of anilines is 1. The second-order valence-corrected chi connectivity index (χ2v) is 5.07. The molecular weight excluding hydrogens is 278 g/mol. The van der Waals surface area contributed by atoms with Crippen LogP contribution in [-0.4, -0.2) is 28.0 Å². The van der Waals surface area contributed by atoms with Crippen LogP contribution >= 0.6 is 11.3 Å². The van der Waals surface area contributed by atoms with Crippen molar-refractivity contribution in [3.8, 4) is 12.3 Å². The summed E-state index contributed by atoms with van der Waals surface area (Å²) in [6.45, 7) is 0. The SMILES string of the molecule is C#CCC(NC(=O)c1ccc2nc(N)sc2c1)C(=O)O. The topological polar surface area (TPSA) is 105 Å². The van der Waals surface area contributed by atoms with E-state index in [0.717, 1.165) is 4.70 Å². The van der Waals surface area contributed by atoms with Crippen molar-refractivity contribution in [2.75, 3.05) is 5.73 Å². The van der Waals surface area contributed by atoms with Gasteiger partial charge in [-0.25, -0.2) is 9.78 Å². The molecule has 2 rings (SSSR count). The minimum atomic E-state index is -1.17. The summed E-state index contributed by atoms with van der Waals surface area (Å²) >= 11 is 1.26. The summed E-state index contributed by atoms with van der Waals surface area (Å²) in [4.78, 5) is 27.0. The van der Waals surface area contributed by atoms with E-state index in [2.05, 4.69) is 16.2 Å². The number of hydrogen-bond acceptors (Lipinski definition) is 5. The highest BCUT2D eigenvalue weighted by Gasteiger charge is 2.19. The van der Waals surface area contributed by atoms with E-state index in [-0.39, 0.29) is 6.42 Å². The summed E-state index contributed by atoms with van der Waals surface area (Å²) in [6.07, 6.45) is 5.00. The first kappa shape index (κ1) is 13.8. The zero-order valence-corrected chi connectivity index (χ0v) is 11.1. The van der Waals surface area contributed by atoms with Gasteiger partial charge >= 0.3 is 5.97 Å². The summed E-state index contributed by atoms with van der Waals surface area (Å²) in [5, 5.41) is 11.7. The van der Waals surface area contributed by atoms with E-state index in [1.54, 1.807) is 18.2 Å². The Labute approximate surface area is 118 Å². The average molecular weight is 289 g/mol. The van der Waals surface area contributed by atoms with Crippen LogP contribution in [-0.2, 0) is 4.79 Å². The first-order valence-corrected chi connectivity index (χ1v) is 6.46. The van der Waals surface area contributed by atoms with E-state index >= 15 is 0 Å². The molecule has 20 heavy (non-hydrogen) atoms. The lowest BCUT2D eigenvalue weighted by Gasteiger charge is -2.11. The summed E-state index contributed by atoms with van der Waals surface area (Å²) in [6, 6.07) is 3.74. The molecule has 0 spiro atoms. The number of amides is 1. The highest BCUT2D eigenvalue weighted by molar-refractivity contribution is 7.22. The third kappa shape index (κ3) is 2.87. The molecule has 0 bridgehead atoms. The third-order valence-electron chi connectivity index (χ3n) is 2.59. The summed E-state index contributed by atoms with van der Waals surface area (Å²) in [5.41, 5.74) is 6.62. The summed E-state index contributed by atoms with van der Waals surface area (Å²) in [7, 11) is 0. The van der Waals surface area contributed by atoms with Crippen LogP contribution in [0, 0.1) is 12.3 Å². The van der Waals surface area contributed by atoms with Gasteiger partial charge in [0.25, 0.3) is 5.91 Å². The zero-order chi connectivity index (χ0) is 14.7. The van der Waals surface area contributed by atoms with Gasteiger partial charge in [-0.3, -0.25) is 4.79 Å². The number of fused-ring (bicyclic) bond motifs is 1. The number of nitrogens with one attached hydrogen (secondary N) is 1. The van der Waals surface area contributed by atoms with Gasteiger partial charge in [-0.15, -0.1) is 12.3 Å². The molecular formula is C13H11N3O3S. The fraction of sp³-hybridized carbons (Fsp3) is 0.154. The number of carbonyl (C=O) groups excluding carboxylic acids is 1. The number of benzene rings is 1. The van der Waals surface area contributed by atoms with Crippen molar-refractivity contribution in [3.05, 3.63) is 23.8 Å². The molecule has 1 heterocycles. The number of thiazole rings is 1. The molecule has 0 fully saturated rings. The lowest BCUT2D eigenvalue weighted by molar-refractivity contribution is -0.139. The molecule has 7 heteroatoms. The third-order valence-corrected chi connectivity index (χ3v) is 3.44. The summed E-state index contributed by atoms with van der Waals surface area (Å²) in [5.74, 6) is 0.553. The van der Waals surface area contributed by atoms with E-state index < -0.39 is 17.9 Å². The Morgan fingerprint density at radius 2 is 2.30 bits per heavy atom. The number of aliphatic carboxylic acids is 1. The van der Waals surface area contributed by atoms with Gasteiger partial charge in [0.2, 0.25) is 0 Å². The maximum atomic E-state index is 12.0. The van der Waals surface area contributed by atoms with Crippen molar-refractivity contribution in [1.82, 2.24) is 10.3 Å². The van der Waals surface area contributed by atoms with Crippen LogP contribution in [0.1, 0.15) is 16.8 Å². The lowest BCUT2D eigenvalue weighted by atomic mass is 10.1. The monoisotopic (exact) mass is 289 g/mol. The quantitative estimate of drug-likeness (QED) is 0.730. The van der Waals surface area contributed by atoms with E-state index in [4.69, 9.17) is 17.3 Å². The van der Waals surface area contributed by atoms with Crippen LogP contribution in [0.25, 0.3) is 10.2 Å². The molecule has 2 aromatic rings. The molecule has 1 unspecified atom stereocenters. The fourth-order valence-corrected chi connectivity index (χ4v) is 2.42. The molecule has 1 amide bonds. The van der Waals surface area contributed by atoms with Crippen LogP contribution in [0.4, 0.5) is 5.13 Å². The smallest absolute Gasteiger partial charge is 0.327 e. The molecule has 6 nitrogen and oxygen atoms in total. The Bertz CT molecular complexity index is 717. The predicted molar refractivity (Wildman–Crippen MR) is 76.4 cm³/mol. The number of nitrogens with zero attached hydrogens (tertiary/aromatic N) is 1. The molecule has 102 valence electrons. The Balaban J connectivity index is 2.22. The number of nitrogens with two attached hydrogens (primary N) is 1. The Hall–Kier alpha value is -2.59. The van der Waals surface area contributed by atoms with Crippen molar-refractivity contribution in [3.63, 3.8) is 0 Å². The van der Waals surface area contributed by atoms with Crippen molar-refractivity contribution < 1.29 is 14.7 Å².